The number of benzene rings is 2. The molecule has 0 unspecified atom stereocenters. The molecule has 1 fully saturated rings. The zero-order chi connectivity index (χ0) is 24.1. The highest BCUT2D eigenvalue weighted by Crippen LogP contribution is 2.25. The first kappa shape index (κ1) is 22.4. The number of nitrogens with zero attached hydrogens (tertiary/aromatic N) is 2. The maximum atomic E-state index is 12.9. The number of amides is 3. The Morgan fingerprint density at radius 1 is 1.12 bits per heavy atom. The molecule has 3 amide bonds. The van der Waals surface area contributed by atoms with E-state index in [1.54, 1.807) is 42.5 Å². The van der Waals surface area contributed by atoms with E-state index in [2.05, 4.69) is 16.1 Å². The number of carbonyl (C=O) groups is 3. The molecule has 2 heterocycles. The summed E-state index contributed by atoms with van der Waals surface area (Å²) in [5.74, 6) is -0.491. The number of nitrogens with one attached hydrogen (secondary N) is 1. The Morgan fingerprint density at radius 3 is 2.68 bits per heavy atom. The smallest absolute Gasteiger partial charge is 0.373 e. The van der Waals surface area contributed by atoms with Crippen molar-refractivity contribution in [3.63, 3.8) is 0 Å². The maximum absolute atomic E-state index is 12.9. The van der Waals surface area contributed by atoms with Gasteiger partial charge in [-0.3, -0.25) is 9.69 Å². The minimum absolute atomic E-state index is 0.0237. The number of esters is 1. The molecule has 0 spiro atoms. The van der Waals surface area contributed by atoms with Gasteiger partial charge in [-0.05, 0) is 30.3 Å². The Kier molecular flexibility index (Phi) is 6.41. The number of carbonyl (C=O) groups excluding carboxylic acids is 3. The van der Waals surface area contributed by atoms with Crippen LogP contribution >= 0.6 is 0 Å². The first-order valence-electron chi connectivity index (χ1n) is 10.2. The third kappa shape index (κ3) is 4.66. The predicted octanol–water partition coefficient (Wildman–Crippen LogP) is 3.61. The molecule has 0 atom stereocenters. The van der Waals surface area contributed by atoms with Crippen molar-refractivity contribution in [2.75, 3.05) is 7.11 Å². The first-order chi connectivity index (χ1) is 16.5. The molecule has 0 bridgehead atoms. The summed E-state index contributed by atoms with van der Waals surface area (Å²) in [5.41, 5.74) is 1.89. The summed E-state index contributed by atoms with van der Waals surface area (Å²) in [4.78, 5) is 37.8. The molecule has 1 aromatic heterocycles. The molecule has 1 aliphatic heterocycles. The number of furan rings is 1. The second kappa shape index (κ2) is 9.75. The van der Waals surface area contributed by atoms with E-state index in [1.165, 1.54) is 25.3 Å². The second-order valence-corrected chi connectivity index (χ2v) is 7.23. The molecule has 9 nitrogen and oxygen atoms in total. The summed E-state index contributed by atoms with van der Waals surface area (Å²) in [7, 11) is 1.23. The van der Waals surface area contributed by atoms with Gasteiger partial charge in [0, 0.05) is 11.1 Å². The normalized spacial score (nSPS) is 14.1. The van der Waals surface area contributed by atoms with Gasteiger partial charge < -0.3 is 19.2 Å². The van der Waals surface area contributed by atoms with E-state index in [4.69, 9.17) is 9.15 Å². The molecule has 34 heavy (non-hydrogen) atoms. The number of rotatable bonds is 7. The van der Waals surface area contributed by atoms with E-state index in [0.29, 0.717) is 16.9 Å². The Bertz CT molecular complexity index is 1330. The van der Waals surface area contributed by atoms with Crippen LogP contribution in [0.5, 0.6) is 5.75 Å². The average molecular weight is 457 g/mol. The van der Waals surface area contributed by atoms with Crippen molar-refractivity contribution in [3.8, 4) is 11.8 Å². The van der Waals surface area contributed by atoms with Crippen LogP contribution in [-0.2, 0) is 22.7 Å². The van der Waals surface area contributed by atoms with Crippen LogP contribution in [-0.4, -0.2) is 29.9 Å². The molecule has 9 heteroatoms. The number of urea groups is 1. The summed E-state index contributed by atoms with van der Waals surface area (Å²) >= 11 is 0. The maximum Gasteiger partial charge on any atom is 0.373 e. The van der Waals surface area contributed by atoms with Gasteiger partial charge in [0.15, 0.2) is 0 Å². The van der Waals surface area contributed by atoms with E-state index in [-0.39, 0.29) is 30.4 Å². The van der Waals surface area contributed by atoms with Crippen molar-refractivity contribution in [1.82, 2.24) is 10.2 Å². The molecular formula is C25H19N3O6. The fourth-order valence-corrected chi connectivity index (χ4v) is 3.34. The summed E-state index contributed by atoms with van der Waals surface area (Å²) < 4.78 is 15.8. The highest BCUT2D eigenvalue weighted by molar-refractivity contribution is 6.14. The zero-order valence-corrected chi connectivity index (χ0v) is 18.1. The Balaban J connectivity index is 1.51. The van der Waals surface area contributed by atoms with Gasteiger partial charge in [-0.1, -0.05) is 36.4 Å². The van der Waals surface area contributed by atoms with E-state index >= 15 is 0 Å². The van der Waals surface area contributed by atoms with E-state index in [1.807, 2.05) is 6.07 Å². The molecule has 0 radical (unpaired) electrons. The van der Waals surface area contributed by atoms with Crippen LogP contribution in [0.15, 0.2) is 70.8 Å². The third-order valence-electron chi connectivity index (χ3n) is 5.06. The quantitative estimate of drug-likeness (QED) is 0.327. The number of hydrogen-bond donors (Lipinski definition) is 1. The molecule has 1 aliphatic rings. The number of hydrogen-bond acceptors (Lipinski definition) is 7. The molecule has 2 aromatic carbocycles. The van der Waals surface area contributed by atoms with Crippen molar-refractivity contribution in [2.24, 2.45) is 0 Å². The fraction of sp³-hybridized carbons (Fsp3) is 0.120. The van der Waals surface area contributed by atoms with Crippen LogP contribution in [0, 0.1) is 11.3 Å². The lowest BCUT2D eigenvalue weighted by molar-refractivity contribution is -0.123. The van der Waals surface area contributed by atoms with Crippen LogP contribution in [0.3, 0.4) is 0 Å². The van der Waals surface area contributed by atoms with Crippen LogP contribution < -0.4 is 10.1 Å². The van der Waals surface area contributed by atoms with E-state index in [9.17, 15) is 19.6 Å². The van der Waals surface area contributed by atoms with Crippen molar-refractivity contribution < 1.29 is 28.3 Å². The van der Waals surface area contributed by atoms with E-state index in [0.717, 1.165) is 10.5 Å². The lowest BCUT2D eigenvalue weighted by Crippen LogP contribution is -2.30. The second-order valence-electron chi connectivity index (χ2n) is 7.23. The molecule has 1 N–H and O–H groups in total. The van der Waals surface area contributed by atoms with Gasteiger partial charge in [-0.15, -0.1) is 0 Å². The molecule has 4 rings (SSSR count). The first-order valence-corrected chi connectivity index (χ1v) is 10.2. The Labute approximate surface area is 194 Å². The van der Waals surface area contributed by atoms with E-state index < -0.39 is 17.9 Å². The number of para-hydroxylation sites is 1. The number of imide groups is 1. The number of methoxy groups -OCH3 is 1. The number of ether oxygens (including phenoxy) is 2. The molecule has 170 valence electrons. The lowest BCUT2D eigenvalue weighted by atomic mass is 10.1. The monoisotopic (exact) mass is 457 g/mol. The van der Waals surface area contributed by atoms with Gasteiger partial charge in [-0.2, -0.15) is 5.26 Å². The standard InChI is InChI=1S/C25H19N3O6/c1-32-24(30)22-11-10-19(34-22)14-28-23(29)20(27-25(28)31)12-16-6-4-5-9-21(16)33-15-18-8-3-2-7-17(18)13-26/h2-12H,14-15H2,1H3,(H,27,31)/b20-12-. The largest absolute Gasteiger partial charge is 0.488 e. The Morgan fingerprint density at radius 2 is 1.88 bits per heavy atom. The SMILES string of the molecule is COC(=O)c1ccc(CN2C(=O)N/C(=C\c3ccccc3OCc3ccccc3C#N)C2=O)o1. The summed E-state index contributed by atoms with van der Waals surface area (Å²) in [6, 6.07) is 18.6. The van der Waals surface area contributed by atoms with Gasteiger partial charge in [0.2, 0.25) is 5.76 Å². The summed E-state index contributed by atoms with van der Waals surface area (Å²) in [6.45, 7) is 0.0134. The van der Waals surface area contributed by atoms with Crippen molar-refractivity contribution in [3.05, 3.63) is 94.6 Å². The summed E-state index contributed by atoms with van der Waals surface area (Å²) in [6.07, 6.45) is 1.52. The van der Waals surface area contributed by atoms with Gasteiger partial charge in [0.05, 0.1) is 25.3 Å². The molecule has 1 saturated heterocycles. The topological polar surface area (TPSA) is 122 Å². The van der Waals surface area contributed by atoms with Crippen LogP contribution in [0.1, 0.15) is 33.0 Å². The molecule has 0 saturated carbocycles. The van der Waals surface area contributed by atoms with Gasteiger partial charge in [0.25, 0.3) is 5.91 Å². The minimum atomic E-state index is -0.655. The van der Waals surface area contributed by atoms with Crippen molar-refractivity contribution in [2.45, 2.75) is 13.2 Å². The molecular weight excluding hydrogens is 438 g/mol. The minimum Gasteiger partial charge on any atom is -0.488 e. The highest BCUT2D eigenvalue weighted by Gasteiger charge is 2.34. The molecule has 0 aliphatic carbocycles. The van der Waals surface area contributed by atoms with Gasteiger partial charge >= 0.3 is 12.0 Å². The van der Waals surface area contributed by atoms with Gasteiger partial charge in [-0.25, -0.2) is 9.59 Å². The van der Waals surface area contributed by atoms with Crippen molar-refractivity contribution >= 4 is 24.0 Å². The lowest BCUT2D eigenvalue weighted by Gasteiger charge is -2.11. The fourth-order valence-electron chi connectivity index (χ4n) is 3.34. The zero-order valence-electron chi connectivity index (χ0n) is 18.1. The van der Waals surface area contributed by atoms with Crippen molar-refractivity contribution in [1.29, 1.82) is 5.26 Å². The molecule has 3 aromatic rings. The van der Waals surface area contributed by atoms with Gasteiger partial charge in [0.1, 0.15) is 23.8 Å². The predicted molar refractivity (Wildman–Crippen MR) is 119 cm³/mol. The van der Waals surface area contributed by atoms with Crippen LogP contribution in [0.4, 0.5) is 4.79 Å². The average Bonchev–Trinajstić information content (AvgIpc) is 3.43. The van der Waals surface area contributed by atoms with Crippen LogP contribution in [0.25, 0.3) is 6.08 Å². The van der Waals surface area contributed by atoms with Crippen LogP contribution in [0.2, 0.25) is 0 Å². The highest BCUT2D eigenvalue weighted by atomic mass is 16.5. The summed E-state index contributed by atoms with van der Waals surface area (Å²) in [5, 5.41) is 11.8. The number of nitriles is 1. The third-order valence-corrected chi connectivity index (χ3v) is 5.06. The Hall–Kier alpha value is -4.84.